The second kappa shape index (κ2) is 9.12. The van der Waals surface area contributed by atoms with E-state index in [1.165, 1.54) is 40.3 Å². The van der Waals surface area contributed by atoms with Crippen LogP contribution in [0.3, 0.4) is 0 Å². The number of aryl methyl sites for hydroxylation is 1. The normalized spacial score (nSPS) is 12.7. The van der Waals surface area contributed by atoms with E-state index in [9.17, 15) is 27.9 Å². The highest BCUT2D eigenvalue weighted by atomic mass is 35.5. The summed E-state index contributed by atoms with van der Waals surface area (Å²) in [5, 5.41) is 9.90. The van der Waals surface area contributed by atoms with Crippen LogP contribution in [0.5, 0.6) is 17.2 Å². The van der Waals surface area contributed by atoms with Crippen LogP contribution < -0.4 is 20.7 Å². The Bertz CT molecular complexity index is 1510. The molecule has 0 saturated heterocycles. The molecular formula is C22H18ClF3N4O5. The summed E-state index contributed by atoms with van der Waals surface area (Å²) >= 11 is 6.36. The van der Waals surface area contributed by atoms with Crippen LogP contribution in [0.15, 0.2) is 52.1 Å². The highest BCUT2D eigenvalue weighted by Crippen LogP contribution is 2.34. The number of hydrogen-bond acceptors (Lipinski definition) is 6. The lowest BCUT2D eigenvalue weighted by molar-refractivity contribution is -0.274. The number of hydrogen-bond donors (Lipinski definition) is 2. The maximum Gasteiger partial charge on any atom is 0.573 e. The van der Waals surface area contributed by atoms with E-state index in [1.807, 2.05) is 0 Å². The monoisotopic (exact) mass is 510 g/mol. The summed E-state index contributed by atoms with van der Waals surface area (Å²) in [5.74, 6) is 0.392. The van der Waals surface area contributed by atoms with E-state index in [0.29, 0.717) is 11.4 Å². The molecule has 4 rings (SSSR count). The predicted molar refractivity (Wildman–Crippen MR) is 121 cm³/mol. The third-order valence-electron chi connectivity index (χ3n) is 4.94. The lowest BCUT2D eigenvalue weighted by Crippen LogP contribution is -2.33. The number of ether oxygens (including phenoxy) is 2. The van der Waals surface area contributed by atoms with E-state index in [-0.39, 0.29) is 34.2 Å². The lowest BCUT2D eigenvalue weighted by Gasteiger charge is -2.11. The third-order valence-corrected chi connectivity index (χ3v) is 5.23. The van der Waals surface area contributed by atoms with Gasteiger partial charge in [0.05, 0.1) is 17.7 Å². The fourth-order valence-corrected chi connectivity index (χ4v) is 3.72. The average Bonchev–Trinajstić information content (AvgIpc) is 3.10. The van der Waals surface area contributed by atoms with Gasteiger partial charge in [0.2, 0.25) is 0 Å². The summed E-state index contributed by atoms with van der Waals surface area (Å²) in [4.78, 5) is 31.3. The Kier molecular flexibility index (Phi) is 6.34. The molecule has 0 fully saturated rings. The number of rotatable bonds is 6. The molecule has 0 bridgehead atoms. The number of halogens is 4. The maximum atomic E-state index is 12.4. The molecule has 2 aromatic carbocycles. The molecule has 2 aromatic heterocycles. The molecule has 0 saturated carbocycles. The van der Waals surface area contributed by atoms with Crippen molar-refractivity contribution >= 4 is 22.8 Å². The third kappa shape index (κ3) is 5.17. The first-order valence-electron chi connectivity index (χ1n) is 10.1. The number of aromatic nitrogens is 4. The van der Waals surface area contributed by atoms with Crippen LogP contribution in [0, 0.1) is 0 Å². The molecule has 35 heavy (non-hydrogen) atoms. The molecule has 0 amide bonds. The molecule has 0 radical (unpaired) electrons. The predicted octanol–water partition coefficient (Wildman–Crippen LogP) is 3.82. The second-order valence-electron chi connectivity index (χ2n) is 7.65. The number of fused-ring (bicyclic) bond motifs is 1. The number of nitrogens with zero attached hydrogens (tertiary/aromatic N) is 3. The molecule has 2 N–H and O–H groups in total. The summed E-state index contributed by atoms with van der Waals surface area (Å²) in [6, 6.07) is 9.49. The zero-order valence-electron chi connectivity index (χ0n) is 18.3. The van der Waals surface area contributed by atoms with Crippen LogP contribution >= 0.6 is 11.6 Å². The van der Waals surface area contributed by atoms with E-state index < -0.39 is 29.5 Å². The number of benzene rings is 2. The van der Waals surface area contributed by atoms with Gasteiger partial charge in [0.15, 0.2) is 11.2 Å². The number of imidazole rings is 1. The molecule has 9 nitrogen and oxygen atoms in total. The van der Waals surface area contributed by atoms with Crippen LogP contribution in [0.25, 0.3) is 22.6 Å². The fourth-order valence-electron chi connectivity index (χ4n) is 3.50. The molecule has 2 heterocycles. The van der Waals surface area contributed by atoms with E-state index in [2.05, 4.69) is 14.7 Å². The topological polar surface area (TPSA) is 111 Å². The average molecular weight is 511 g/mol. The van der Waals surface area contributed by atoms with Crippen LogP contribution in [0.4, 0.5) is 13.2 Å². The minimum atomic E-state index is -4.80. The van der Waals surface area contributed by atoms with E-state index in [4.69, 9.17) is 16.3 Å². The molecular weight excluding hydrogens is 493 g/mol. The first-order chi connectivity index (χ1) is 16.4. The molecule has 0 aliphatic heterocycles. The number of alkyl halides is 3. The minimum Gasteiger partial charge on any atom is -0.456 e. The number of H-pyrrole nitrogens is 1. The summed E-state index contributed by atoms with van der Waals surface area (Å²) in [6.45, 7) is 1.44. The molecule has 184 valence electrons. The first kappa shape index (κ1) is 24.4. The van der Waals surface area contributed by atoms with Gasteiger partial charge >= 0.3 is 12.1 Å². The summed E-state index contributed by atoms with van der Waals surface area (Å²) in [7, 11) is 1.60. The van der Waals surface area contributed by atoms with Crippen molar-refractivity contribution in [1.29, 1.82) is 0 Å². The van der Waals surface area contributed by atoms with Crippen LogP contribution in [-0.2, 0) is 13.6 Å². The molecule has 4 aromatic rings. The molecule has 1 atom stereocenters. The van der Waals surface area contributed by atoms with Crippen LogP contribution in [0.1, 0.15) is 6.92 Å². The SMILES string of the molecule is CC(O)Cn1c(=O)[nH]c(=O)c2c1nc(-c1ccc(Oc3ccc(OC(F)(F)F)cc3)c(Cl)c1)n2C. The number of aliphatic hydroxyl groups excluding tert-OH is 1. The standard InChI is InChI=1S/C22H18ClF3N4O5/c1-11(31)10-30-19-17(20(32)28-21(30)33)29(2)18(27-19)12-3-8-16(15(23)9-12)34-13-4-6-14(7-5-13)35-22(24,25)26/h3-9,11,31H,10H2,1-2H3,(H,28,32,33). The summed E-state index contributed by atoms with van der Waals surface area (Å²) < 4.78 is 49.1. The molecule has 13 heteroatoms. The van der Waals surface area contributed by atoms with Crippen molar-refractivity contribution < 1.29 is 27.8 Å². The Labute approximate surface area is 199 Å². The lowest BCUT2D eigenvalue weighted by atomic mass is 10.2. The Morgan fingerprint density at radius 2 is 1.80 bits per heavy atom. The zero-order valence-corrected chi connectivity index (χ0v) is 19.0. The van der Waals surface area contributed by atoms with Crippen molar-refractivity contribution in [3.63, 3.8) is 0 Å². The van der Waals surface area contributed by atoms with Gasteiger partial charge in [-0.2, -0.15) is 0 Å². The number of aromatic amines is 1. The summed E-state index contributed by atoms with van der Waals surface area (Å²) in [6.07, 6.45) is -5.65. The smallest absolute Gasteiger partial charge is 0.456 e. The van der Waals surface area contributed by atoms with Gasteiger partial charge in [-0.15, -0.1) is 13.2 Å². The van der Waals surface area contributed by atoms with Crippen LogP contribution in [0.2, 0.25) is 5.02 Å². The van der Waals surface area contributed by atoms with Gasteiger partial charge in [-0.25, -0.2) is 9.78 Å². The van der Waals surface area contributed by atoms with Gasteiger partial charge in [-0.05, 0) is 49.4 Å². The highest BCUT2D eigenvalue weighted by molar-refractivity contribution is 6.32. The molecule has 0 aliphatic rings. The van der Waals surface area contributed by atoms with Crippen molar-refractivity contribution in [2.45, 2.75) is 25.9 Å². The van der Waals surface area contributed by atoms with E-state index in [1.54, 1.807) is 13.1 Å². The van der Waals surface area contributed by atoms with Gasteiger partial charge in [-0.3, -0.25) is 14.3 Å². The summed E-state index contributed by atoms with van der Waals surface area (Å²) in [5.41, 5.74) is -0.573. The highest BCUT2D eigenvalue weighted by Gasteiger charge is 2.31. The zero-order chi connectivity index (χ0) is 25.5. The largest absolute Gasteiger partial charge is 0.573 e. The van der Waals surface area contributed by atoms with Crippen molar-refractivity contribution in [3.05, 3.63) is 68.3 Å². The second-order valence-corrected chi connectivity index (χ2v) is 8.06. The van der Waals surface area contributed by atoms with E-state index >= 15 is 0 Å². The maximum absolute atomic E-state index is 12.4. The van der Waals surface area contributed by atoms with Crippen molar-refractivity contribution in [1.82, 2.24) is 19.1 Å². The van der Waals surface area contributed by atoms with Gasteiger partial charge < -0.3 is 19.1 Å². The number of nitrogens with one attached hydrogen (secondary N) is 1. The Balaban J connectivity index is 1.66. The Morgan fingerprint density at radius 3 is 2.40 bits per heavy atom. The van der Waals surface area contributed by atoms with Crippen LogP contribution in [-0.4, -0.2) is 36.7 Å². The van der Waals surface area contributed by atoms with Crippen molar-refractivity contribution in [2.24, 2.45) is 7.05 Å². The quantitative estimate of drug-likeness (QED) is 0.408. The van der Waals surface area contributed by atoms with E-state index in [0.717, 1.165) is 12.1 Å². The fraction of sp³-hybridized carbons (Fsp3) is 0.227. The Hall–Kier alpha value is -3.77. The Morgan fingerprint density at radius 1 is 1.14 bits per heavy atom. The minimum absolute atomic E-state index is 0.0666. The van der Waals surface area contributed by atoms with Crippen molar-refractivity contribution in [2.75, 3.05) is 0 Å². The molecule has 0 aliphatic carbocycles. The van der Waals surface area contributed by atoms with Gasteiger partial charge in [0.25, 0.3) is 5.56 Å². The molecule has 1 unspecified atom stereocenters. The van der Waals surface area contributed by atoms with Gasteiger partial charge in [0.1, 0.15) is 23.1 Å². The van der Waals surface area contributed by atoms with Gasteiger partial charge in [0, 0.05) is 12.6 Å². The van der Waals surface area contributed by atoms with Crippen molar-refractivity contribution in [3.8, 4) is 28.6 Å². The van der Waals surface area contributed by atoms with Gasteiger partial charge in [-0.1, -0.05) is 11.6 Å². The molecule has 0 spiro atoms. The number of aliphatic hydroxyl groups is 1. The first-order valence-corrected chi connectivity index (χ1v) is 10.5.